The molecular formula is C22H20N4O4. The topological polar surface area (TPSA) is 108 Å². The van der Waals surface area contributed by atoms with E-state index in [2.05, 4.69) is 6.07 Å². The maximum Gasteiger partial charge on any atom is 0.407 e. The van der Waals surface area contributed by atoms with Crippen LogP contribution in [0.25, 0.3) is 16.6 Å². The van der Waals surface area contributed by atoms with Gasteiger partial charge in [-0.05, 0) is 61.7 Å². The molecule has 1 saturated heterocycles. The van der Waals surface area contributed by atoms with Gasteiger partial charge in [-0.2, -0.15) is 5.26 Å². The van der Waals surface area contributed by atoms with Gasteiger partial charge in [0.15, 0.2) is 0 Å². The van der Waals surface area contributed by atoms with Gasteiger partial charge in [0.1, 0.15) is 11.6 Å². The van der Waals surface area contributed by atoms with Crippen LogP contribution in [-0.4, -0.2) is 39.3 Å². The van der Waals surface area contributed by atoms with E-state index in [1.165, 1.54) is 15.5 Å². The quantitative estimate of drug-likeness (QED) is 0.717. The van der Waals surface area contributed by atoms with Crippen molar-refractivity contribution in [2.75, 3.05) is 13.7 Å². The van der Waals surface area contributed by atoms with Gasteiger partial charge in [-0.15, -0.1) is 0 Å². The number of aromatic nitrogens is 2. The molecule has 1 aromatic heterocycles. The molecular weight excluding hydrogens is 384 g/mol. The number of carbonyl (C=O) groups is 1. The van der Waals surface area contributed by atoms with Crippen LogP contribution in [0.4, 0.5) is 4.79 Å². The minimum Gasteiger partial charge on any atom is -0.497 e. The first kappa shape index (κ1) is 19.5. The summed E-state index contributed by atoms with van der Waals surface area (Å²) < 4.78 is 6.66. The zero-order valence-corrected chi connectivity index (χ0v) is 16.6. The zero-order chi connectivity index (χ0) is 21.4. The summed E-state index contributed by atoms with van der Waals surface area (Å²) in [5.41, 5.74) is 1.78. The highest BCUT2D eigenvalue weighted by molar-refractivity contribution is 5.83. The van der Waals surface area contributed by atoms with Crippen molar-refractivity contribution in [1.29, 1.82) is 5.26 Å². The first-order valence-corrected chi connectivity index (χ1v) is 9.56. The number of fused-ring (bicyclic) bond motifs is 1. The van der Waals surface area contributed by atoms with E-state index in [0.717, 1.165) is 0 Å². The van der Waals surface area contributed by atoms with E-state index in [0.29, 0.717) is 58.7 Å². The summed E-state index contributed by atoms with van der Waals surface area (Å²) >= 11 is 0. The second-order valence-corrected chi connectivity index (χ2v) is 7.24. The molecule has 1 atom stereocenters. The normalized spacial score (nSPS) is 15.9. The summed E-state index contributed by atoms with van der Waals surface area (Å²) in [4.78, 5) is 31.4. The molecule has 1 unspecified atom stereocenters. The number of likely N-dealkylation sites (tertiary alicyclic amines) is 1. The molecule has 0 bridgehead atoms. The molecule has 0 spiro atoms. The Balaban J connectivity index is 2.05. The maximum absolute atomic E-state index is 13.6. The van der Waals surface area contributed by atoms with Crippen LogP contribution in [0, 0.1) is 18.3 Å². The van der Waals surface area contributed by atoms with Gasteiger partial charge < -0.3 is 9.84 Å². The van der Waals surface area contributed by atoms with Crippen LogP contribution in [0.3, 0.4) is 0 Å². The van der Waals surface area contributed by atoms with Crippen LogP contribution in [0.2, 0.25) is 0 Å². The van der Waals surface area contributed by atoms with Crippen LogP contribution in [0.1, 0.15) is 35.8 Å². The maximum atomic E-state index is 13.6. The average Bonchev–Trinajstić information content (AvgIpc) is 3.24. The molecule has 8 heteroatoms. The molecule has 1 aliphatic rings. The van der Waals surface area contributed by atoms with Crippen molar-refractivity contribution in [1.82, 2.24) is 14.5 Å². The average molecular weight is 404 g/mol. The number of nitrogens with zero attached hydrogens (tertiary/aromatic N) is 4. The number of benzene rings is 2. The predicted molar refractivity (Wildman–Crippen MR) is 110 cm³/mol. The molecule has 8 nitrogen and oxygen atoms in total. The molecule has 3 aromatic rings. The Morgan fingerprint density at radius 1 is 1.30 bits per heavy atom. The van der Waals surface area contributed by atoms with E-state index in [1.54, 1.807) is 44.4 Å². The van der Waals surface area contributed by atoms with Crippen molar-refractivity contribution >= 4 is 17.0 Å². The summed E-state index contributed by atoms with van der Waals surface area (Å²) in [6, 6.07) is 11.7. The third kappa shape index (κ3) is 3.14. The Hall–Kier alpha value is -3.86. The van der Waals surface area contributed by atoms with Crippen LogP contribution >= 0.6 is 0 Å². The molecule has 30 heavy (non-hydrogen) atoms. The summed E-state index contributed by atoms with van der Waals surface area (Å²) in [6.45, 7) is 2.18. The smallest absolute Gasteiger partial charge is 0.407 e. The second kappa shape index (κ2) is 7.52. The van der Waals surface area contributed by atoms with Crippen LogP contribution in [0.5, 0.6) is 5.75 Å². The molecule has 4 rings (SSSR count). The molecule has 1 N–H and O–H groups in total. The third-order valence-electron chi connectivity index (χ3n) is 5.45. The SMILES string of the molecule is COc1ccc(-n2c(C3CCCN3C(=O)O)nc3c(C)cc(C#N)cc3c2=O)cc1. The van der Waals surface area contributed by atoms with Gasteiger partial charge in [0.2, 0.25) is 0 Å². The lowest BCUT2D eigenvalue weighted by molar-refractivity contribution is 0.138. The molecule has 1 fully saturated rings. The Morgan fingerprint density at radius 2 is 2.03 bits per heavy atom. The van der Waals surface area contributed by atoms with Crippen LogP contribution in [-0.2, 0) is 0 Å². The van der Waals surface area contributed by atoms with Crippen molar-refractivity contribution < 1.29 is 14.6 Å². The zero-order valence-electron chi connectivity index (χ0n) is 16.6. The number of hydrogen-bond donors (Lipinski definition) is 1. The predicted octanol–water partition coefficient (Wildman–Crippen LogP) is 3.39. The summed E-state index contributed by atoms with van der Waals surface area (Å²) in [6.07, 6.45) is 0.236. The number of carboxylic acid groups (broad SMARTS) is 1. The van der Waals surface area contributed by atoms with Gasteiger partial charge in [0, 0.05) is 6.54 Å². The van der Waals surface area contributed by atoms with Crippen molar-refractivity contribution in [2.45, 2.75) is 25.8 Å². The van der Waals surface area contributed by atoms with Crippen molar-refractivity contribution in [3.63, 3.8) is 0 Å². The van der Waals surface area contributed by atoms with Gasteiger partial charge in [-0.25, -0.2) is 9.78 Å². The fourth-order valence-corrected chi connectivity index (χ4v) is 4.01. The summed E-state index contributed by atoms with van der Waals surface area (Å²) in [5.74, 6) is 1.02. The van der Waals surface area contributed by atoms with Crippen molar-refractivity contribution in [2.24, 2.45) is 0 Å². The molecule has 2 heterocycles. The van der Waals surface area contributed by atoms with Crippen LogP contribution in [0.15, 0.2) is 41.2 Å². The Bertz CT molecular complexity index is 1240. The highest BCUT2D eigenvalue weighted by atomic mass is 16.5. The molecule has 0 radical (unpaired) electrons. The van der Waals surface area contributed by atoms with E-state index in [1.807, 2.05) is 0 Å². The lowest BCUT2D eigenvalue weighted by atomic mass is 10.1. The third-order valence-corrected chi connectivity index (χ3v) is 5.45. The number of aryl methyl sites for hydroxylation is 1. The molecule has 2 aromatic carbocycles. The minimum absolute atomic E-state index is 0.325. The Labute approximate surface area is 172 Å². The lowest BCUT2D eigenvalue weighted by Gasteiger charge is -2.24. The van der Waals surface area contributed by atoms with Gasteiger partial charge in [0.05, 0.1) is 41.4 Å². The number of rotatable bonds is 3. The fraction of sp³-hybridized carbons (Fsp3) is 0.273. The van der Waals surface area contributed by atoms with E-state index < -0.39 is 12.1 Å². The number of methoxy groups -OCH3 is 1. The highest BCUT2D eigenvalue weighted by Crippen LogP contribution is 2.33. The van der Waals surface area contributed by atoms with Crippen molar-refractivity contribution in [3.8, 4) is 17.5 Å². The van der Waals surface area contributed by atoms with Gasteiger partial charge in [-0.3, -0.25) is 14.3 Å². The summed E-state index contributed by atoms with van der Waals surface area (Å²) in [7, 11) is 1.56. The molecule has 0 saturated carbocycles. The second-order valence-electron chi connectivity index (χ2n) is 7.24. The van der Waals surface area contributed by atoms with Crippen LogP contribution < -0.4 is 10.3 Å². The number of amides is 1. The number of nitriles is 1. The minimum atomic E-state index is -1.04. The van der Waals surface area contributed by atoms with Gasteiger partial charge in [0.25, 0.3) is 5.56 Å². The standard InChI is InChI=1S/C22H20N4O4/c1-13-10-14(12-23)11-17-19(13)24-20(18-4-3-9-25(18)22(28)29)26(21(17)27)15-5-7-16(30-2)8-6-15/h5-8,10-11,18H,3-4,9H2,1-2H3,(H,28,29). The fourth-order valence-electron chi connectivity index (χ4n) is 4.01. The molecule has 1 aliphatic heterocycles. The monoisotopic (exact) mass is 404 g/mol. The van der Waals surface area contributed by atoms with E-state index >= 15 is 0 Å². The number of hydrogen-bond acceptors (Lipinski definition) is 5. The summed E-state index contributed by atoms with van der Waals surface area (Å²) in [5, 5.41) is 19.3. The Morgan fingerprint density at radius 3 is 2.67 bits per heavy atom. The largest absolute Gasteiger partial charge is 0.497 e. The first-order chi connectivity index (χ1) is 14.4. The molecule has 0 aliphatic carbocycles. The highest BCUT2D eigenvalue weighted by Gasteiger charge is 2.34. The lowest BCUT2D eigenvalue weighted by Crippen LogP contribution is -2.34. The number of ether oxygens (including phenoxy) is 1. The molecule has 1 amide bonds. The van der Waals surface area contributed by atoms with Crippen molar-refractivity contribution in [3.05, 3.63) is 63.7 Å². The van der Waals surface area contributed by atoms with E-state index in [9.17, 15) is 20.0 Å². The Kier molecular flexibility index (Phi) is 4.88. The first-order valence-electron chi connectivity index (χ1n) is 9.56. The van der Waals surface area contributed by atoms with Gasteiger partial charge >= 0.3 is 6.09 Å². The van der Waals surface area contributed by atoms with E-state index in [4.69, 9.17) is 9.72 Å². The van der Waals surface area contributed by atoms with Gasteiger partial charge in [-0.1, -0.05) is 0 Å². The van der Waals surface area contributed by atoms with E-state index in [-0.39, 0.29) is 5.56 Å². The molecule has 152 valence electrons.